The van der Waals surface area contributed by atoms with Crippen molar-refractivity contribution in [3.63, 3.8) is 0 Å². The van der Waals surface area contributed by atoms with Gasteiger partial charge in [-0.3, -0.25) is 0 Å². The number of hydrogen-bond acceptors (Lipinski definition) is 4. The lowest BCUT2D eigenvalue weighted by molar-refractivity contribution is 1.03. The second kappa shape index (κ2) is 3.04. The minimum Gasteiger partial charge on any atom is -0.132 e. The van der Waals surface area contributed by atoms with Crippen LogP contribution in [0.3, 0.4) is 0 Å². The first-order valence-electron chi connectivity index (χ1n) is 2.33. The topological polar surface area (TPSA) is 25.8 Å². The van der Waals surface area contributed by atoms with Crippen LogP contribution in [0.15, 0.2) is 10.4 Å². The van der Waals surface area contributed by atoms with Gasteiger partial charge in [0.1, 0.15) is 5.03 Å². The van der Waals surface area contributed by atoms with Crippen molar-refractivity contribution >= 4 is 23.3 Å². The van der Waals surface area contributed by atoms with E-state index in [0.717, 1.165) is 10.8 Å². The maximum atomic E-state index is 3.84. The Morgan fingerprint density at radius 3 is 3.25 bits per heavy atom. The third-order valence-corrected chi connectivity index (χ3v) is 2.07. The van der Waals surface area contributed by atoms with Gasteiger partial charge in [0.05, 0.1) is 0 Å². The van der Waals surface area contributed by atoms with Crippen LogP contribution >= 0.6 is 23.3 Å². The van der Waals surface area contributed by atoms with Gasteiger partial charge in [-0.1, -0.05) is 11.4 Å². The summed E-state index contributed by atoms with van der Waals surface area (Å²) in [5.41, 5.74) is 0. The van der Waals surface area contributed by atoms with Crippen LogP contribution in [-0.4, -0.2) is 15.3 Å². The third kappa shape index (κ3) is 1.45. The summed E-state index contributed by atoms with van der Waals surface area (Å²) in [4.78, 5) is 0. The molecule has 0 aromatic carbocycles. The maximum absolute atomic E-state index is 3.84. The summed E-state index contributed by atoms with van der Waals surface area (Å²) in [5, 5.41) is 6.83. The first-order valence-corrected chi connectivity index (χ1v) is 4.15. The molecular formula is C4H6N2S2. The molecule has 0 atom stereocenters. The lowest BCUT2D eigenvalue weighted by atomic mass is 11.0. The number of nitrogens with zero attached hydrogens (tertiary/aromatic N) is 2. The average molecular weight is 146 g/mol. The molecule has 1 heterocycles. The summed E-state index contributed by atoms with van der Waals surface area (Å²) in [6.45, 7) is 2.10. The molecule has 4 heteroatoms. The Bertz CT molecular complexity index is 138. The molecule has 0 aliphatic rings. The van der Waals surface area contributed by atoms with E-state index in [1.807, 2.05) is 5.38 Å². The molecule has 0 spiro atoms. The Morgan fingerprint density at radius 1 is 1.88 bits per heavy atom. The van der Waals surface area contributed by atoms with E-state index in [-0.39, 0.29) is 0 Å². The number of aromatic nitrogens is 2. The van der Waals surface area contributed by atoms with Crippen LogP contribution in [-0.2, 0) is 0 Å². The maximum Gasteiger partial charge on any atom is 0.131 e. The molecule has 2 nitrogen and oxygen atoms in total. The van der Waals surface area contributed by atoms with E-state index in [1.54, 1.807) is 11.8 Å². The zero-order valence-electron chi connectivity index (χ0n) is 4.50. The summed E-state index contributed by atoms with van der Waals surface area (Å²) >= 11 is 3.12. The summed E-state index contributed by atoms with van der Waals surface area (Å²) in [6, 6.07) is 0. The van der Waals surface area contributed by atoms with Gasteiger partial charge in [-0.15, -0.1) is 16.9 Å². The van der Waals surface area contributed by atoms with Crippen molar-refractivity contribution in [2.75, 3.05) is 5.75 Å². The first kappa shape index (κ1) is 6.04. The highest BCUT2D eigenvalue weighted by molar-refractivity contribution is 7.99. The molecule has 0 amide bonds. The van der Waals surface area contributed by atoms with Crippen molar-refractivity contribution in [1.82, 2.24) is 9.59 Å². The van der Waals surface area contributed by atoms with Crippen LogP contribution in [0.25, 0.3) is 0 Å². The highest BCUT2D eigenvalue weighted by Crippen LogP contribution is 2.13. The first-order chi connectivity index (χ1) is 3.93. The minimum atomic E-state index is 1.04. The SMILES string of the molecule is CCSc1csnn1. The van der Waals surface area contributed by atoms with Crippen LogP contribution in [0.5, 0.6) is 0 Å². The second-order valence-electron chi connectivity index (χ2n) is 1.18. The van der Waals surface area contributed by atoms with Gasteiger partial charge in [0.25, 0.3) is 0 Å². The van der Waals surface area contributed by atoms with Gasteiger partial charge in [0.2, 0.25) is 0 Å². The Hall–Kier alpha value is -0.0900. The monoisotopic (exact) mass is 146 g/mol. The normalized spacial score (nSPS) is 9.62. The van der Waals surface area contributed by atoms with E-state index < -0.39 is 0 Å². The zero-order chi connectivity index (χ0) is 5.82. The Balaban J connectivity index is 2.50. The minimum absolute atomic E-state index is 1.04. The van der Waals surface area contributed by atoms with Crippen molar-refractivity contribution in [2.45, 2.75) is 11.9 Å². The smallest absolute Gasteiger partial charge is 0.131 e. The largest absolute Gasteiger partial charge is 0.132 e. The van der Waals surface area contributed by atoms with E-state index in [4.69, 9.17) is 0 Å². The van der Waals surface area contributed by atoms with E-state index >= 15 is 0 Å². The van der Waals surface area contributed by atoms with E-state index in [0.29, 0.717) is 0 Å². The Morgan fingerprint density at radius 2 is 2.75 bits per heavy atom. The van der Waals surface area contributed by atoms with Gasteiger partial charge in [-0.25, -0.2) is 0 Å². The molecule has 0 fully saturated rings. The predicted molar refractivity (Wildman–Crippen MR) is 36.3 cm³/mol. The average Bonchev–Trinajstić information content (AvgIpc) is 2.19. The molecule has 0 unspecified atom stereocenters. The third-order valence-electron chi connectivity index (χ3n) is 0.632. The zero-order valence-corrected chi connectivity index (χ0v) is 6.13. The highest BCUT2D eigenvalue weighted by atomic mass is 32.2. The summed E-state index contributed by atoms with van der Waals surface area (Å²) in [6.07, 6.45) is 0. The molecule has 1 rings (SSSR count). The van der Waals surface area contributed by atoms with Gasteiger partial charge in [-0.2, -0.15) is 0 Å². The van der Waals surface area contributed by atoms with Gasteiger partial charge >= 0.3 is 0 Å². The molecule has 0 saturated carbocycles. The van der Waals surface area contributed by atoms with Gasteiger partial charge in [-0.05, 0) is 17.3 Å². The molecule has 0 radical (unpaired) electrons. The number of rotatable bonds is 2. The molecule has 0 aliphatic carbocycles. The quantitative estimate of drug-likeness (QED) is 0.593. The van der Waals surface area contributed by atoms with Crippen LogP contribution in [0, 0.1) is 0 Å². The van der Waals surface area contributed by atoms with Gasteiger partial charge in [0.15, 0.2) is 0 Å². The molecular weight excluding hydrogens is 140 g/mol. The van der Waals surface area contributed by atoms with Crippen LogP contribution in [0.2, 0.25) is 0 Å². The molecule has 44 valence electrons. The Labute approximate surface area is 56.5 Å². The fourth-order valence-electron chi connectivity index (χ4n) is 0.367. The molecule has 0 saturated heterocycles. The number of thioether (sulfide) groups is 1. The fraction of sp³-hybridized carbons (Fsp3) is 0.500. The summed E-state index contributed by atoms with van der Waals surface area (Å²) in [5.74, 6) is 1.07. The molecule has 0 N–H and O–H groups in total. The van der Waals surface area contributed by atoms with Crippen LogP contribution in [0.1, 0.15) is 6.92 Å². The van der Waals surface area contributed by atoms with Crippen molar-refractivity contribution < 1.29 is 0 Å². The Kier molecular flexibility index (Phi) is 2.29. The van der Waals surface area contributed by atoms with E-state index in [9.17, 15) is 0 Å². The number of hydrogen-bond donors (Lipinski definition) is 0. The van der Waals surface area contributed by atoms with E-state index in [1.165, 1.54) is 11.5 Å². The highest BCUT2D eigenvalue weighted by Gasteiger charge is 1.90. The summed E-state index contributed by atoms with van der Waals surface area (Å²) < 4.78 is 3.71. The van der Waals surface area contributed by atoms with E-state index in [2.05, 4.69) is 16.5 Å². The predicted octanol–water partition coefficient (Wildman–Crippen LogP) is 1.65. The van der Waals surface area contributed by atoms with Crippen molar-refractivity contribution in [3.8, 4) is 0 Å². The second-order valence-corrected chi connectivity index (χ2v) is 3.07. The van der Waals surface area contributed by atoms with Crippen molar-refractivity contribution in [3.05, 3.63) is 5.38 Å². The lowest BCUT2D eigenvalue weighted by Crippen LogP contribution is -1.70. The van der Waals surface area contributed by atoms with Crippen LogP contribution < -0.4 is 0 Å². The molecule has 0 aliphatic heterocycles. The van der Waals surface area contributed by atoms with Gasteiger partial charge in [0, 0.05) is 5.38 Å². The molecule has 1 aromatic heterocycles. The van der Waals surface area contributed by atoms with Gasteiger partial charge < -0.3 is 0 Å². The van der Waals surface area contributed by atoms with Crippen molar-refractivity contribution in [1.29, 1.82) is 0 Å². The van der Waals surface area contributed by atoms with Crippen LogP contribution in [0.4, 0.5) is 0 Å². The lowest BCUT2D eigenvalue weighted by Gasteiger charge is -1.83. The fourth-order valence-corrected chi connectivity index (χ4v) is 1.53. The standard InChI is InChI=1S/C4H6N2S2/c1-2-7-4-3-8-6-5-4/h3H,2H2,1H3. The van der Waals surface area contributed by atoms with Crippen molar-refractivity contribution in [2.24, 2.45) is 0 Å². The molecule has 0 bridgehead atoms. The molecule has 1 aromatic rings. The molecule has 8 heavy (non-hydrogen) atoms. The summed E-state index contributed by atoms with van der Waals surface area (Å²) in [7, 11) is 0.